The molecule has 5 heteroatoms. The van der Waals surface area contributed by atoms with Crippen molar-refractivity contribution in [2.24, 2.45) is 0 Å². The molecule has 24 heavy (non-hydrogen) atoms. The van der Waals surface area contributed by atoms with Crippen LogP contribution >= 0.6 is 0 Å². The Hall–Kier alpha value is -1.17. The van der Waals surface area contributed by atoms with Gasteiger partial charge >= 0.3 is 0 Å². The maximum atomic E-state index is 13.1. The van der Waals surface area contributed by atoms with Gasteiger partial charge in [-0.15, -0.1) is 0 Å². The summed E-state index contributed by atoms with van der Waals surface area (Å²) in [6.07, 6.45) is 0.218. The van der Waals surface area contributed by atoms with Gasteiger partial charge < -0.3 is 14.1 Å². The van der Waals surface area contributed by atoms with Crippen LogP contribution < -0.4 is 0 Å². The fourth-order valence-electron chi connectivity index (χ4n) is 2.53. The van der Waals surface area contributed by atoms with Crippen molar-refractivity contribution in [1.82, 2.24) is 4.90 Å². The highest BCUT2D eigenvalue weighted by Crippen LogP contribution is 2.37. The van der Waals surface area contributed by atoms with Crippen LogP contribution in [0.1, 0.15) is 26.3 Å². The van der Waals surface area contributed by atoms with Crippen LogP contribution in [0, 0.1) is 0 Å². The molecular weight excluding hydrogens is 318 g/mol. The molecule has 1 aromatic carbocycles. The van der Waals surface area contributed by atoms with Crippen molar-refractivity contribution in [1.29, 1.82) is 0 Å². The molecule has 0 aromatic heterocycles. The summed E-state index contributed by atoms with van der Waals surface area (Å²) in [6, 6.07) is 10.1. The predicted molar refractivity (Wildman–Crippen MR) is 99.6 cm³/mol. The standard InChI is InChI=1S/C19H31NO3Si/c1-19(2,3)24(4,5)23-17(15-16-9-7-6-8-10-16)18(21)20-11-13-22-14-12-20/h6-10,17H,11-15H2,1-5H3/t17-/m0/s1. The first-order chi connectivity index (χ1) is 11.2. The first-order valence-corrected chi connectivity index (χ1v) is 11.7. The van der Waals surface area contributed by atoms with Gasteiger partial charge in [0.25, 0.3) is 5.91 Å². The SMILES string of the molecule is CC(C)(C)[Si](C)(C)O[C@@H](Cc1ccccc1)C(=O)N1CCOCC1. The fraction of sp³-hybridized carbons (Fsp3) is 0.632. The molecule has 0 unspecified atom stereocenters. The molecule has 1 saturated heterocycles. The Morgan fingerprint density at radius 1 is 1.21 bits per heavy atom. The molecule has 1 atom stereocenters. The van der Waals surface area contributed by atoms with E-state index in [0.29, 0.717) is 32.7 Å². The number of benzene rings is 1. The smallest absolute Gasteiger partial charge is 0.250 e. The van der Waals surface area contributed by atoms with Gasteiger partial charge in [0.05, 0.1) is 13.2 Å². The highest BCUT2D eigenvalue weighted by atomic mass is 28.4. The first kappa shape index (κ1) is 19.2. The van der Waals surface area contributed by atoms with Gasteiger partial charge in [0.2, 0.25) is 0 Å². The molecule has 4 nitrogen and oxygen atoms in total. The van der Waals surface area contributed by atoms with Gasteiger partial charge in [-0.3, -0.25) is 4.79 Å². The third-order valence-electron chi connectivity index (χ3n) is 5.11. The van der Waals surface area contributed by atoms with Crippen molar-refractivity contribution in [3.8, 4) is 0 Å². The van der Waals surface area contributed by atoms with Gasteiger partial charge in [-0.2, -0.15) is 0 Å². The Morgan fingerprint density at radius 3 is 2.33 bits per heavy atom. The minimum atomic E-state index is -2.03. The van der Waals surface area contributed by atoms with Crippen molar-refractivity contribution in [2.45, 2.75) is 51.4 Å². The number of carbonyl (C=O) groups excluding carboxylic acids is 1. The molecule has 134 valence electrons. The molecule has 0 saturated carbocycles. The molecule has 2 rings (SSSR count). The summed E-state index contributed by atoms with van der Waals surface area (Å²) in [6.45, 7) is 13.6. The van der Waals surface area contributed by atoms with Crippen molar-refractivity contribution in [3.63, 3.8) is 0 Å². The lowest BCUT2D eigenvalue weighted by molar-refractivity contribution is -0.143. The Kier molecular flexibility index (Phi) is 6.23. The summed E-state index contributed by atoms with van der Waals surface area (Å²) in [5.74, 6) is 0.104. The number of rotatable bonds is 5. The lowest BCUT2D eigenvalue weighted by Crippen LogP contribution is -2.52. The average Bonchev–Trinajstić information content (AvgIpc) is 2.54. The molecule has 1 amide bonds. The molecule has 0 aliphatic carbocycles. The number of morpholine rings is 1. The lowest BCUT2D eigenvalue weighted by atomic mass is 10.1. The van der Waals surface area contributed by atoms with Gasteiger partial charge in [0, 0.05) is 19.5 Å². The zero-order valence-electron chi connectivity index (χ0n) is 15.7. The second-order valence-corrected chi connectivity index (χ2v) is 12.8. The summed E-state index contributed by atoms with van der Waals surface area (Å²) in [7, 11) is -2.03. The van der Waals surface area contributed by atoms with Crippen molar-refractivity contribution in [3.05, 3.63) is 35.9 Å². The van der Waals surface area contributed by atoms with Crippen LogP contribution in [0.3, 0.4) is 0 Å². The predicted octanol–water partition coefficient (Wildman–Crippen LogP) is 3.48. The second-order valence-electron chi connectivity index (χ2n) is 7.99. The Labute approximate surface area is 147 Å². The lowest BCUT2D eigenvalue weighted by Gasteiger charge is -2.40. The highest BCUT2D eigenvalue weighted by Gasteiger charge is 2.41. The van der Waals surface area contributed by atoms with E-state index in [9.17, 15) is 4.79 Å². The summed E-state index contributed by atoms with van der Waals surface area (Å²) < 4.78 is 11.9. The maximum Gasteiger partial charge on any atom is 0.250 e. The number of carbonyl (C=O) groups is 1. The quantitative estimate of drug-likeness (QED) is 0.764. The van der Waals surface area contributed by atoms with Crippen LogP contribution in [0.5, 0.6) is 0 Å². The Balaban J connectivity index is 2.18. The van der Waals surface area contributed by atoms with E-state index in [1.807, 2.05) is 23.1 Å². The third-order valence-corrected chi connectivity index (χ3v) is 9.59. The van der Waals surface area contributed by atoms with E-state index in [-0.39, 0.29) is 10.9 Å². The fourth-order valence-corrected chi connectivity index (χ4v) is 3.78. The first-order valence-electron chi connectivity index (χ1n) is 8.79. The zero-order chi connectivity index (χ0) is 17.8. The summed E-state index contributed by atoms with van der Waals surface area (Å²) in [5, 5.41) is 0.0766. The molecule has 1 fully saturated rings. The largest absolute Gasteiger partial charge is 0.405 e. The second kappa shape index (κ2) is 7.81. The number of hydrogen-bond donors (Lipinski definition) is 0. The van der Waals surface area contributed by atoms with E-state index in [0.717, 1.165) is 5.56 Å². The van der Waals surface area contributed by atoms with E-state index in [2.05, 4.69) is 46.0 Å². The van der Waals surface area contributed by atoms with Crippen LogP contribution in [-0.4, -0.2) is 51.5 Å². The van der Waals surface area contributed by atoms with Crippen LogP contribution in [0.4, 0.5) is 0 Å². The Morgan fingerprint density at radius 2 is 1.79 bits per heavy atom. The molecule has 0 radical (unpaired) electrons. The molecule has 0 bridgehead atoms. The van der Waals surface area contributed by atoms with Gasteiger partial charge in [-0.1, -0.05) is 51.1 Å². The van der Waals surface area contributed by atoms with Crippen molar-refractivity contribution < 1.29 is 14.0 Å². The number of ether oxygens (including phenoxy) is 1. The molecule has 1 aliphatic rings. The maximum absolute atomic E-state index is 13.1. The summed E-state index contributed by atoms with van der Waals surface area (Å²) in [5.41, 5.74) is 1.14. The van der Waals surface area contributed by atoms with E-state index >= 15 is 0 Å². The number of hydrogen-bond acceptors (Lipinski definition) is 3. The summed E-state index contributed by atoms with van der Waals surface area (Å²) in [4.78, 5) is 15.0. The van der Waals surface area contributed by atoms with Gasteiger partial charge in [0.1, 0.15) is 6.10 Å². The normalized spacial score (nSPS) is 17.6. The average molecular weight is 350 g/mol. The molecular formula is C19H31NO3Si. The van der Waals surface area contributed by atoms with Gasteiger partial charge in [0.15, 0.2) is 8.32 Å². The Bertz CT molecular complexity index is 533. The third kappa shape index (κ3) is 4.91. The van der Waals surface area contributed by atoms with Gasteiger partial charge in [-0.05, 0) is 23.7 Å². The van der Waals surface area contributed by atoms with Crippen LogP contribution in [-0.2, 0) is 20.4 Å². The summed E-state index contributed by atoms with van der Waals surface area (Å²) >= 11 is 0. The van der Waals surface area contributed by atoms with Gasteiger partial charge in [-0.25, -0.2) is 0 Å². The van der Waals surface area contributed by atoms with E-state index in [4.69, 9.17) is 9.16 Å². The van der Waals surface area contributed by atoms with E-state index in [1.165, 1.54) is 0 Å². The van der Waals surface area contributed by atoms with Crippen LogP contribution in [0.25, 0.3) is 0 Å². The van der Waals surface area contributed by atoms with Crippen LogP contribution in [0.15, 0.2) is 30.3 Å². The minimum absolute atomic E-state index is 0.0766. The van der Waals surface area contributed by atoms with E-state index in [1.54, 1.807) is 0 Å². The van der Waals surface area contributed by atoms with Crippen molar-refractivity contribution in [2.75, 3.05) is 26.3 Å². The monoisotopic (exact) mass is 349 g/mol. The molecule has 1 heterocycles. The van der Waals surface area contributed by atoms with Crippen LogP contribution in [0.2, 0.25) is 18.1 Å². The van der Waals surface area contributed by atoms with Crippen molar-refractivity contribution >= 4 is 14.2 Å². The molecule has 0 spiro atoms. The topological polar surface area (TPSA) is 38.8 Å². The number of amides is 1. The minimum Gasteiger partial charge on any atom is -0.405 e. The highest BCUT2D eigenvalue weighted by molar-refractivity contribution is 6.74. The number of nitrogens with zero attached hydrogens (tertiary/aromatic N) is 1. The van der Waals surface area contributed by atoms with E-state index < -0.39 is 14.4 Å². The molecule has 1 aromatic rings. The zero-order valence-corrected chi connectivity index (χ0v) is 16.7. The molecule has 1 aliphatic heterocycles. The molecule has 0 N–H and O–H groups in total.